The number of hydrogen-bond acceptors (Lipinski definition) is 6. The van der Waals surface area contributed by atoms with Crippen molar-refractivity contribution in [3.63, 3.8) is 0 Å². The standard InChI is InChI=1S/C24H28FN5OS/c1-3-15-7-4-5-10-20(15)30(2)23-19(25)14-18(21(26)31)22(29-23)28-17-9-6-8-16(13-17)24-27-11-12-32-24/h6,8-9,11-15,20H,3-5,7,10H2,1-2H3,(H2,26,31)(H,28,29). The Morgan fingerprint density at radius 1 is 1.31 bits per heavy atom. The summed E-state index contributed by atoms with van der Waals surface area (Å²) < 4.78 is 15.1. The zero-order chi connectivity index (χ0) is 22.7. The lowest BCUT2D eigenvalue weighted by Crippen LogP contribution is -2.41. The number of amides is 1. The van der Waals surface area contributed by atoms with Crippen LogP contribution in [0.3, 0.4) is 0 Å². The number of carbonyl (C=O) groups excluding carboxylic acids is 1. The van der Waals surface area contributed by atoms with Gasteiger partial charge in [0.15, 0.2) is 11.6 Å². The molecule has 3 aromatic rings. The average molecular weight is 454 g/mol. The maximum Gasteiger partial charge on any atom is 0.252 e. The second-order valence-corrected chi connectivity index (χ2v) is 9.12. The first-order chi connectivity index (χ1) is 15.5. The Morgan fingerprint density at radius 3 is 2.84 bits per heavy atom. The van der Waals surface area contributed by atoms with Crippen molar-refractivity contribution in [2.24, 2.45) is 11.7 Å². The molecule has 1 fully saturated rings. The fourth-order valence-electron chi connectivity index (χ4n) is 4.57. The molecule has 1 aliphatic rings. The molecule has 1 aromatic carbocycles. The van der Waals surface area contributed by atoms with Crippen LogP contribution in [0.15, 0.2) is 41.9 Å². The molecule has 1 amide bonds. The summed E-state index contributed by atoms with van der Waals surface area (Å²) in [7, 11) is 1.89. The first-order valence-corrected chi connectivity index (χ1v) is 11.9. The van der Waals surface area contributed by atoms with E-state index in [1.807, 2.05) is 41.6 Å². The predicted molar refractivity (Wildman–Crippen MR) is 128 cm³/mol. The Morgan fingerprint density at radius 2 is 2.12 bits per heavy atom. The number of rotatable bonds is 7. The molecule has 1 saturated carbocycles. The normalized spacial score (nSPS) is 18.3. The third kappa shape index (κ3) is 4.60. The third-order valence-corrected chi connectivity index (χ3v) is 7.07. The molecule has 0 radical (unpaired) electrons. The number of nitrogens with two attached hydrogens (primary N) is 1. The van der Waals surface area contributed by atoms with Gasteiger partial charge in [-0.3, -0.25) is 4.79 Å². The van der Waals surface area contributed by atoms with E-state index in [1.54, 1.807) is 17.5 Å². The fraction of sp³-hybridized carbons (Fsp3) is 0.375. The highest BCUT2D eigenvalue weighted by atomic mass is 32.1. The van der Waals surface area contributed by atoms with Gasteiger partial charge in [-0.2, -0.15) is 0 Å². The highest BCUT2D eigenvalue weighted by Crippen LogP contribution is 2.34. The van der Waals surface area contributed by atoms with Gasteiger partial charge in [0.1, 0.15) is 10.8 Å². The predicted octanol–water partition coefficient (Wildman–Crippen LogP) is 5.59. The van der Waals surface area contributed by atoms with Crippen molar-refractivity contribution in [1.29, 1.82) is 0 Å². The van der Waals surface area contributed by atoms with Gasteiger partial charge >= 0.3 is 0 Å². The number of pyridine rings is 1. The van der Waals surface area contributed by atoms with Crippen LogP contribution in [-0.2, 0) is 0 Å². The summed E-state index contributed by atoms with van der Waals surface area (Å²) in [6, 6.07) is 9.06. The number of benzene rings is 1. The van der Waals surface area contributed by atoms with E-state index in [9.17, 15) is 4.79 Å². The molecular weight excluding hydrogens is 425 g/mol. The molecule has 0 saturated heterocycles. The van der Waals surface area contributed by atoms with Crippen LogP contribution < -0.4 is 16.0 Å². The van der Waals surface area contributed by atoms with Crippen LogP contribution in [0, 0.1) is 11.7 Å². The van der Waals surface area contributed by atoms with Crippen molar-refractivity contribution < 1.29 is 9.18 Å². The van der Waals surface area contributed by atoms with Gasteiger partial charge in [-0.25, -0.2) is 14.4 Å². The van der Waals surface area contributed by atoms with E-state index in [4.69, 9.17) is 5.73 Å². The Hall–Kier alpha value is -3.00. The molecule has 2 atom stereocenters. The third-order valence-electron chi connectivity index (χ3n) is 6.25. The summed E-state index contributed by atoms with van der Waals surface area (Å²) in [5.74, 6) is -0.283. The second-order valence-electron chi connectivity index (χ2n) is 8.23. The maximum atomic E-state index is 15.1. The van der Waals surface area contributed by atoms with E-state index in [0.717, 1.165) is 41.9 Å². The van der Waals surface area contributed by atoms with Crippen molar-refractivity contribution in [3.05, 3.63) is 53.3 Å². The number of halogens is 1. The summed E-state index contributed by atoms with van der Waals surface area (Å²) in [6.45, 7) is 2.18. The van der Waals surface area contributed by atoms with Crippen molar-refractivity contribution in [1.82, 2.24) is 9.97 Å². The first-order valence-electron chi connectivity index (χ1n) is 11.0. The van der Waals surface area contributed by atoms with Crippen LogP contribution in [0.4, 0.5) is 21.7 Å². The summed E-state index contributed by atoms with van der Waals surface area (Å²) in [4.78, 5) is 22.9. The summed E-state index contributed by atoms with van der Waals surface area (Å²) >= 11 is 1.54. The lowest BCUT2D eigenvalue weighted by atomic mass is 9.82. The quantitative estimate of drug-likeness (QED) is 0.487. The minimum atomic E-state index is -0.728. The summed E-state index contributed by atoms with van der Waals surface area (Å²) in [5.41, 5.74) is 7.23. The molecule has 0 spiro atoms. The molecule has 0 bridgehead atoms. The van der Waals surface area contributed by atoms with Gasteiger partial charge in [-0.05, 0) is 37.0 Å². The van der Waals surface area contributed by atoms with Crippen molar-refractivity contribution in [2.75, 3.05) is 17.3 Å². The van der Waals surface area contributed by atoms with E-state index < -0.39 is 11.7 Å². The number of hydrogen-bond donors (Lipinski definition) is 2. The topological polar surface area (TPSA) is 84.1 Å². The molecule has 6 nitrogen and oxygen atoms in total. The van der Waals surface area contributed by atoms with Gasteiger partial charge in [0, 0.05) is 35.9 Å². The van der Waals surface area contributed by atoms with E-state index in [-0.39, 0.29) is 23.2 Å². The SMILES string of the molecule is CCC1CCCCC1N(C)c1nc(Nc2cccc(-c3nccs3)c2)c(C(N)=O)cc1F. The number of anilines is 3. The van der Waals surface area contributed by atoms with E-state index in [1.165, 1.54) is 12.5 Å². The minimum absolute atomic E-state index is 0.0231. The average Bonchev–Trinajstić information content (AvgIpc) is 3.34. The Kier molecular flexibility index (Phi) is 6.69. The van der Waals surface area contributed by atoms with Gasteiger partial charge in [-0.15, -0.1) is 11.3 Å². The van der Waals surface area contributed by atoms with Gasteiger partial charge in [0.05, 0.1) is 5.56 Å². The molecule has 3 N–H and O–H groups in total. The number of thiazole rings is 1. The molecule has 4 rings (SSSR count). The number of primary amides is 1. The van der Waals surface area contributed by atoms with E-state index >= 15 is 4.39 Å². The largest absolute Gasteiger partial charge is 0.365 e. The van der Waals surface area contributed by atoms with Crippen LogP contribution in [0.2, 0.25) is 0 Å². The zero-order valence-corrected chi connectivity index (χ0v) is 19.2. The molecule has 1 aliphatic carbocycles. The van der Waals surface area contributed by atoms with Crippen LogP contribution in [0.5, 0.6) is 0 Å². The highest BCUT2D eigenvalue weighted by Gasteiger charge is 2.30. The van der Waals surface area contributed by atoms with Crippen LogP contribution in [0.1, 0.15) is 49.4 Å². The second kappa shape index (κ2) is 9.65. The van der Waals surface area contributed by atoms with Crippen LogP contribution in [0.25, 0.3) is 10.6 Å². The number of aromatic nitrogens is 2. The molecule has 2 unspecified atom stereocenters. The molecule has 8 heteroatoms. The fourth-order valence-corrected chi connectivity index (χ4v) is 5.21. The molecule has 32 heavy (non-hydrogen) atoms. The molecule has 2 heterocycles. The zero-order valence-electron chi connectivity index (χ0n) is 18.3. The molecular formula is C24H28FN5OS. The number of carbonyl (C=O) groups is 1. The highest BCUT2D eigenvalue weighted by molar-refractivity contribution is 7.13. The van der Waals surface area contributed by atoms with Crippen molar-refractivity contribution >= 4 is 34.6 Å². The lowest BCUT2D eigenvalue weighted by molar-refractivity contribution is 0.100. The smallest absolute Gasteiger partial charge is 0.252 e. The van der Waals surface area contributed by atoms with E-state index in [2.05, 4.69) is 22.2 Å². The molecule has 2 aromatic heterocycles. The maximum absolute atomic E-state index is 15.1. The lowest BCUT2D eigenvalue weighted by Gasteiger charge is -2.38. The minimum Gasteiger partial charge on any atom is -0.365 e. The van der Waals surface area contributed by atoms with E-state index in [0.29, 0.717) is 5.92 Å². The Bertz CT molecular complexity index is 1090. The Labute approximate surface area is 191 Å². The van der Waals surface area contributed by atoms with Crippen molar-refractivity contribution in [2.45, 2.75) is 45.1 Å². The monoisotopic (exact) mass is 453 g/mol. The van der Waals surface area contributed by atoms with Gasteiger partial charge in [-0.1, -0.05) is 38.3 Å². The summed E-state index contributed by atoms with van der Waals surface area (Å²) in [6.07, 6.45) is 7.28. The molecule has 168 valence electrons. The first kappa shape index (κ1) is 22.2. The number of nitrogens with zero attached hydrogens (tertiary/aromatic N) is 3. The summed E-state index contributed by atoms with van der Waals surface area (Å²) in [5, 5.41) is 5.98. The van der Waals surface area contributed by atoms with Crippen LogP contribution >= 0.6 is 11.3 Å². The molecule has 0 aliphatic heterocycles. The van der Waals surface area contributed by atoms with Gasteiger partial charge in [0.25, 0.3) is 5.91 Å². The van der Waals surface area contributed by atoms with Crippen molar-refractivity contribution in [3.8, 4) is 10.6 Å². The number of nitrogens with one attached hydrogen (secondary N) is 1. The van der Waals surface area contributed by atoms with Gasteiger partial charge in [0.2, 0.25) is 0 Å². The Balaban J connectivity index is 1.69. The van der Waals surface area contributed by atoms with Crippen LogP contribution in [-0.4, -0.2) is 29.0 Å². The van der Waals surface area contributed by atoms with Gasteiger partial charge < -0.3 is 16.0 Å².